The molecule has 102 valence electrons. The lowest BCUT2D eigenvalue weighted by atomic mass is 9.85. The van der Waals surface area contributed by atoms with Crippen LogP contribution in [0.5, 0.6) is 0 Å². The second-order valence-corrected chi connectivity index (χ2v) is 6.42. The molecule has 3 aliphatic rings. The van der Waals surface area contributed by atoms with Crippen LogP contribution in [0.15, 0.2) is 0 Å². The fourth-order valence-corrected chi connectivity index (χ4v) is 3.82. The van der Waals surface area contributed by atoms with Crippen LogP contribution >= 0.6 is 0 Å². The van der Waals surface area contributed by atoms with Crippen LogP contribution in [-0.2, 0) is 4.79 Å². The minimum absolute atomic E-state index is 0.0892. The molecule has 0 aromatic rings. The lowest BCUT2D eigenvalue weighted by molar-refractivity contribution is -0.123. The maximum Gasteiger partial charge on any atom is 0.237 e. The number of amides is 1. The van der Waals surface area contributed by atoms with Crippen LogP contribution in [0.4, 0.5) is 0 Å². The molecular weight excluding hydrogens is 224 g/mol. The molecule has 3 atom stereocenters. The molecule has 18 heavy (non-hydrogen) atoms. The summed E-state index contributed by atoms with van der Waals surface area (Å²) in [5.41, 5.74) is 0. The predicted molar refractivity (Wildman–Crippen MR) is 72.3 cm³/mol. The van der Waals surface area contributed by atoms with E-state index in [0.717, 1.165) is 24.8 Å². The number of hydrogen-bond donors (Lipinski definition) is 2. The number of piperidine rings is 1. The molecule has 3 nitrogen and oxygen atoms in total. The molecule has 1 heterocycles. The Morgan fingerprint density at radius 2 is 1.78 bits per heavy atom. The van der Waals surface area contributed by atoms with Gasteiger partial charge in [-0.05, 0) is 37.6 Å². The summed E-state index contributed by atoms with van der Waals surface area (Å²) in [4.78, 5) is 12.1. The van der Waals surface area contributed by atoms with Crippen molar-refractivity contribution in [1.82, 2.24) is 10.6 Å². The first-order chi connectivity index (χ1) is 8.84. The van der Waals surface area contributed by atoms with Gasteiger partial charge in [0, 0.05) is 6.04 Å². The van der Waals surface area contributed by atoms with Crippen LogP contribution in [0, 0.1) is 11.8 Å². The van der Waals surface area contributed by atoms with Gasteiger partial charge in [-0.15, -0.1) is 0 Å². The zero-order valence-corrected chi connectivity index (χ0v) is 11.3. The first kappa shape index (κ1) is 12.5. The molecule has 0 radical (unpaired) electrons. The molecule has 2 saturated carbocycles. The fourth-order valence-electron chi connectivity index (χ4n) is 3.82. The van der Waals surface area contributed by atoms with Gasteiger partial charge in [0.15, 0.2) is 0 Å². The lowest BCUT2D eigenvalue weighted by Crippen LogP contribution is -2.47. The number of rotatable bonds is 3. The standard InChI is InChI=1S/C15H26N2O/c18-15(13-8-4-5-9-16-13)17-14-10-12(14)11-6-2-1-3-7-11/h11-14,16H,1-10H2,(H,17,18). The van der Waals surface area contributed by atoms with Gasteiger partial charge in [0.1, 0.15) is 0 Å². The zero-order chi connectivity index (χ0) is 12.4. The summed E-state index contributed by atoms with van der Waals surface area (Å²) in [6, 6.07) is 0.593. The third-order valence-corrected chi connectivity index (χ3v) is 5.05. The topological polar surface area (TPSA) is 41.1 Å². The van der Waals surface area contributed by atoms with Crippen LogP contribution in [-0.4, -0.2) is 24.5 Å². The van der Waals surface area contributed by atoms with Gasteiger partial charge < -0.3 is 10.6 Å². The van der Waals surface area contributed by atoms with Gasteiger partial charge in [0.05, 0.1) is 6.04 Å². The summed E-state index contributed by atoms with van der Waals surface area (Å²) < 4.78 is 0. The molecule has 0 spiro atoms. The molecule has 1 saturated heterocycles. The van der Waals surface area contributed by atoms with Gasteiger partial charge >= 0.3 is 0 Å². The number of carbonyl (C=O) groups is 1. The van der Waals surface area contributed by atoms with E-state index in [4.69, 9.17) is 0 Å². The molecule has 2 N–H and O–H groups in total. The molecule has 1 amide bonds. The lowest BCUT2D eigenvalue weighted by Gasteiger charge is -2.24. The van der Waals surface area contributed by atoms with Crippen molar-refractivity contribution >= 4 is 5.91 Å². The van der Waals surface area contributed by atoms with Crippen molar-refractivity contribution in [2.24, 2.45) is 11.8 Å². The highest BCUT2D eigenvalue weighted by Crippen LogP contribution is 2.44. The summed E-state index contributed by atoms with van der Waals surface area (Å²) in [6.07, 6.45) is 11.7. The largest absolute Gasteiger partial charge is 0.352 e. The SMILES string of the molecule is O=C(NC1CC1C1CCCCC1)C1CCCCN1. The Hall–Kier alpha value is -0.570. The van der Waals surface area contributed by atoms with Gasteiger partial charge in [-0.1, -0.05) is 38.5 Å². The van der Waals surface area contributed by atoms with Crippen LogP contribution < -0.4 is 10.6 Å². The highest BCUT2D eigenvalue weighted by molar-refractivity contribution is 5.82. The van der Waals surface area contributed by atoms with E-state index >= 15 is 0 Å². The van der Waals surface area contributed by atoms with E-state index in [1.54, 1.807) is 0 Å². The van der Waals surface area contributed by atoms with Gasteiger partial charge in [-0.3, -0.25) is 4.79 Å². The molecule has 3 heteroatoms. The molecule has 3 rings (SSSR count). The summed E-state index contributed by atoms with van der Waals surface area (Å²) in [6.45, 7) is 1.01. The highest BCUT2D eigenvalue weighted by Gasteiger charge is 2.44. The van der Waals surface area contributed by atoms with Gasteiger partial charge in [0.25, 0.3) is 0 Å². The summed E-state index contributed by atoms with van der Waals surface area (Å²) >= 11 is 0. The summed E-state index contributed by atoms with van der Waals surface area (Å²) in [7, 11) is 0. The molecule has 1 aliphatic heterocycles. The van der Waals surface area contributed by atoms with E-state index in [9.17, 15) is 4.79 Å². The Balaban J connectivity index is 1.42. The van der Waals surface area contributed by atoms with E-state index in [0.29, 0.717) is 6.04 Å². The Morgan fingerprint density at radius 3 is 2.50 bits per heavy atom. The van der Waals surface area contributed by atoms with Gasteiger partial charge in [-0.25, -0.2) is 0 Å². The van der Waals surface area contributed by atoms with E-state index in [1.807, 2.05) is 0 Å². The maximum atomic E-state index is 12.1. The van der Waals surface area contributed by atoms with Crippen molar-refractivity contribution < 1.29 is 4.79 Å². The Bertz CT molecular complexity index is 293. The first-order valence-electron chi connectivity index (χ1n) is 7.88. The van der Waals surface area contributed by atoms with Crippen molar-refractivity contribution in [2.45, 2.75) is 69.9 Å². The number of hydrogen-bond acceptors (Lipinski definition) is 2. The van der Waals surface area contributed by atoms with Crippen molar-refractivity contribution in [3.05, 3.63) is 0 Å². The van der Waals surface area contributed by atoms with Crippen LogP contribution in [0.1, 0.15) is 57.8 Å². The van der Waals surface area contributed by atoms with E-state index < -0.39 is 0 Å². The molecular formula is C15H26N2O. The van der Waals surface area contributed by atoms with Gasteiger partial charge in [0.2, 0.25) is 5.91 Å². The average Bonchev–Trinajstić information content (AvgIpc) is 3.20. The third-order valence-electron chi connectivity index (χ3n) is 5.05. The quantitative estimate of drug-likeness (QED) is 0.806. The fraction of sp³-hybridized carbons (Fsp3) is 0.933. The van der Waals surface area contributed by atoms with E-state index in [-0.39, 0.29) is 11.9 Å². The smallest absolute Gasteiger partial charge is 0.237 e. The van der Waals surface area contributed by atoms with E-state index in [2.05, 4.69) is 10.6 Å². The van der Waals surface area contributed by atoms with Crippen molar-refractivity contribution in [2.75, 3.05) is 6.54 Å². The Labute approximate surface area is 110 Å². The Morgan fingerprint density at radius 1 is 1.00 bits per heavy atom. The monoisotopic (exact) mass is 250 g/mol. The molecule has 0 aromatic carbocycles. The first-order valence-corrected chi connectivity index (χ1v) is 7.88. The Kier molecular flexibility index (Phi) is 3.88. The summed E-state index contributed by atoms with van der Waals surface area (Å²) in [5.74, 6) is 1.97. The van der Waals surface area contributed by atoms with Crippen LogP contribution in [0.2, 0.25) is 0 Å². The third kappa shape index (κ3) is 2.87. The second-order valence-electron chi connectivity index (χ2n) is 6.42. The molecule has 2 aliphatic carbocycles. The molecule has 3 unspecified atom stereocenters. The number of nitrogens with one attached hydrogen (secondary N) is 2. The minimum atomic E-state index is 0.0892. The average molecular weight is 250 g/mol. The minimum Gasteiger partial charge on any atom is -0.352 e. The van der Waals surface area contributed by atoms with E-state index in [1.165, 1.54) is 51.4 Å². The van der Waals surface area contributed by atoms with Crippen LogP contribution in [0.25, 0.3) is 0 Å². The van der Waals surface area contributed by atoms with Gasteiger partial charge in [-0.2, -0.15) is 0 Å². The van der Waals surface area contributed by atoms with Crippen molar-refractivity contribution in [1.29, 1.82) is 0 Å². The highest BCUT2D eigenvalue weighted by atomic mass is 16.2. The second kappa shape index (κ2) is 5.60. The molecule has 3 fully saturated rings. The van der Waals surface area contributed by atoms with Crippen molar-refractivity contribution in [3.8, 4) is 0 Å². The number of carbonyl (C=O) groups excluding carboxylic acids is 1. The normalized spacial score (nSPS) is 37.2. The summed E-state index contributed by atoms with van der Waals surface area (Å²) in [5, 5.41) is 6.60. The van der Waals surface area contributed by atoms with Crippen molar-refractivity contribution in [3.63, 3.8) is 0 Å². The maximum absolute atomic E-state index is 12.1. The molecule has 0 bridgehead atoms. The molecule has 0 aromatic heterocycles. The predicted octanol–water partition coefficient (Wildman–Crippen LogP) is 2.21. The van der Waals surface area contributed by atoms with Crippen LogP contribution in [0.3, 0.4) is 0 Å². The zero-order valence-electron chi connectivity index (χ0n) is 11.3.